The summed E-state index contributed by atoms with van der Waals surface area (Å²) in [6, 6.07) is 1.47. The molecule has 0 radical (unpaired) electrons. The molecule has 1 rings (SSSR count). The third-order valence-corrected chi connectivity index (χ3v) is 1.62. The van der Waals surface area contributed by atoms with Gasteiger partial charge in [-0.2, -0.15) is 0 Å². The minimum Gasteiger partial charge on any atom is -0.460 e. The van der Waals surface area contributed by atoms with Crippen LogP contribution in [0, 0.1) is 0 Å². The van der Waals surface area contributed by atoms with Gasteiger partial charge in [0.1, 0.15) is 24.5 Å². The van der Waals surface area contributed by atoms with Gasteiger partial charge in [-0.3, -0.25) is 4.79 Å². The summed E-state index contributed by atoms with van der Waals surface area (Å²) in [5.41, 5.74) is -0.261. The molecule has 88 valence electrons. The first-order valence-electron chi connectivity index (χ1n) is 4.99. The Balaban J connectivity index is 2.62. The molecule has 1 heterocycles. The van der Waals surface area contributed by atoms with E-state index in [-0.39, 0.29) is 17.9 Å². The molecule has 0 spiro atoms. The van der Waals surface area contributed by atoms with Gasteiger partial charge in [-0.15, -0.1) is 0 Å². The number of alkyl halides is 1. The van der Waals surface area contributed by atoms with Crippen LogP contribution in [0.5, 0.6) is 0 Å². The second-order valence-electron chi connectivity index (χ2n) is 4.36. The van der Waals surface area contributed by atoms with Gasteiger partial charge in [0.2, 0.25) is 0 Å². The molecule has 0 amide bonds. The van der Waals surface area contributed by atoms with E-state index in [2.05, 4.69) is 9.97 Å². The molecule has 0 N–H and O–H groups in total. The lowest BCUT2D eigenvalue weighted by atomic mass is 10.2. The summed E-state index contributed by atoms with van der Waals surface area (Å²) in [6.45, 7) is 4.68. The summed E-state index contributed by atoms with van der Waals surface area (Å²) in [5, 5.41) is 0. The number of hydrogen-bond donors (Lipinski definition) is 0. The minimum atomic E-state index is -0.663. The molecule has 0 aliphatic rings. The lowest BCUT2D eigenvalue weighted by molar-refractivity contribution is -0.154. The molecule has 0 fully saturated rings. The Morgan fingerprint density at radius 1 is 1.50 bits per heavy atom. The van der Waals surface area contributed by atoms with Crippen LogP contribution < -0.4 is 0 Å². The average Bonchev–Trinajstić information content (AvgIpc) is 2.15. The Morgan fingerprint density at radius 3 is 2.75 bits per heavy atom. The highest BCUT2D eigenvalue weighted by Gasteiger charge is 2.17. The first-order valence-corrected chi connectivity index (χ1v) is 4.99. The van der Waals surface area contributed by atoms with Crippen LogP contribution in [-0.2, 0) is 22.6 Å². The molecule has 1 aromatic rings. The highest BCUT2D eigenvalue weighted by atomic mass is 19.1. The Hall–Kier alpha value is -1.52. The summed E-state index contributed by atoms with van der Waals surface area (Å²) in [5.74, 6) is -0.132. The van der Waals surface area contributed by atoms with E-state index in [1.807, 2.05) is 0 Å². The number of halogens is 1. The zero-order chi connectivity index (χ0) is 12.2. The van der Waals surface area contributed by atoms with Crippen molar-refractivity contribution < 1.29 is 13.9 Å². The van der Waals surface area contributed by atoms with Crippen molar-refractivity contribution in [3.8, 4) is 0 Å². The summed E-state index contributed by atoms with van der Waals surface area (Å²) in [6.07, 6.45) is 1.40. The van der Waals surface area contributed by atoms with Gasteiger partial charge in [-0.1, -0.05) is 0 Å². The van der Waals surface area contributed by atoms with Crippen molar-refractivity contribution in [3.63, 3.8) is 0 Å². The van der Waals surface area contributed by atoms with E-state index in [0.29, 0.717) is 0 Å². The largest absolute Gasteiger partial charge is 0.460 e. The smallest absolute Gasteiger partial charge is 0.314 e. The summed E-state index contributed by atoms with van der Waals surface area (Å²) in [7, 11) is 0. The number of esters is 1. The quantitative estimate of drug-likeness (QED) is 0.738. The van der Waals surface area contributed by atoms with Gasteiger partial charge in [0, 0.05) is 6.20 Å². The van der Waals surface area contributed by atoms with Crippen LogP contribution in [0.3, 0.4) is 0 Å². The van der Waals surface area contributed by atoms with E-state index in [9.17, 15) is 9.18 Å². The minimum absolute atomic E-state index is 0.0366. The zero-order valence-electron chi connectivity index (χ0n) is 9.66. The maximum absolute atomic E-state index is 12.3. The number of aromatic nitrogens is 2. The van der Waals surface area contributed by atoms with Crippen molar-refractivity contribution in [2.75, 3.05) is 0 Å². The van der Waals surface area contributed by atoms with Gasteiger partial charge in [0.15, 0.2) is 0 Å². The number of carbonyl (C=O) groups excluding carboxylic acids is 1. The molecule has 4 nitrogen and oxygen atoms in total. The number of carbonyl (C=O) groups is 1. The molecule has 0 aliphatic heterocycles. The van der Waals surface area contributed by atoms with E-state index >= 15 is 0 Å². The third kappa shape index (κ3) is 4.33. The van der Waals surface area contributed by atoms with Gasteiger partial charge >= 0.3 is 5.97 Å². The van der Waals surface area contributed by atoms with Crippen LogP contribution in [0.4, 0.5) is 4.39 Å². The molecule has 5 heteroatoms. The second-order valence-corrected chi connectivity index (χ2v) is 4.36. The number of rotatable bonds is 3. The standard InChI is InChI=1S/C11H15FN2O2/c1-11(2,3)16-10(15)6-9-13-5-4-8(7-12)14-9/h4-5H,6-7H2,1-3H3. The van der Waals surface area contributed by atoms with Crippen molar-refractivity contribution in [1.82, 2.24) is 9.97 Å². The Bertz CT molecular complexity index is 374. The zero-order valence-corrected chi connectivity index (χ0v) is 9.66. The predicted octanol–water partition coefficient (Wildman–Crippen LogP) is 1.83. The number of nitrogens with zero attached hydrogens (tertiary/aromatic N) is 2. The molecule has 16 heavy (non-hydrogen) atoms. The average molecular weight is 226 g/mol. The molecule has 0 aromatic carbocycles. The van der Waals surface area contributed by atoms with E-state index in [4.69, 9.17) is 4.74 Å². The Labute approximate surface area is 93.9 Å². The third-order valence-electron chi connectivity index (χ3n) is 1.62. The van der Waals surface area contributed by atoms with Crippen molar-refractivity contribution in [3.05, 3.63) is 23.8 Å². The van der Waals surface area contributed by atoms with Crippen LogP contribution in [0.15, 0.2) is 12.3 Å². The fraction of sp³-hybridized carbons (Fsp3) is 0.545. The SMILES string of the molecule is CC(C)(C)OC(=O)Cc1nccc(CF)n1. The van der Waals surface area contributed by atoms with Crippen LogP contribution in [-0.4, -0.2) is 21.5 Å². The van der Waals surface area contributed by atoms with Gasteiger partial charge in [0.05, 0.1) is 5.69 Å². The monoisotopic (exact) mass is 226 g/mol. The molecular weight excluding hydrogens is 211 g/mol. The van der Waals surface area contributed by atoms with Crippen LogP contribution >= 0.6 is 0 Å². The molecule has 0 bridgehead atoms. The fourth-order valence-corrected chi connectivity index (χ4v) is 1.11. The lowest BCUT2D eigenvalue weighted by Crippen LogP contribution is -2.25. The predicted molar refractivity (Wildman–Crippen MR) is 56.4 cm³/mol. The van der Waals surface area contributed by atoms with E-state index in [1.54, 1.807) is 20.8 Å². The lowest BCUT2D eigenvalue weighted by Gasteiger charge is -2.19. The van der Waals surface area contributed by atoms with Gasteiger partial charge < -0.3 is 4.74 Å². The highest BCUT2D eigenvalue weighted by Crippen LogP contribution is 2.08. The number of ether oxygens (including phenoxy) is 1. The highest BCUT2D eigenvalue weighted by molar-refractivity contribution is 5.71. The summed E-state index contributed by atoms with van der Waals surface area (Å²) >= 11 is 0. The van der Waals surface area contributed by atoms with Crippen molar-refractivity contribution in [1.29, 1.82) is 0 Å². The van der Waals surface area contributed by atoms with Gasteiger partial charge in [-0.25, -0.2) is 14.4 Å². The maximum atomic E-state index is 12.3. The fourth-order valence-electron chi connectivity index (χ4n) is 1.11. The molecule has 0 atom stereocenters. The normalized spacial score (nSPS) is 11.2. The Kier molecular flexibility index (Phi) is 3.93. The molecule has 0 saturated carbocycles. The number of hydrogen-bond acceptors (Lipinski definition) is 4. The van der Waals surface area contributed by atoms with E-state index in [1.165, 1.54) is 12.3 Å². The second kappa shape index (κ2) is 5.01. The Morgan fingerprint density at radius 2 is 2.19 bits per heavy atom. The van der Waals surface area contributed by atoms with Crippen LogP contribution in [0.2, 0.25) is 0 Å². The van der Waals surface area contributed by atoms with Crippen molar-refractivity contribution in [2.24, 2.45) is 0 Å². The first-order chi connectivity index (χ1) is 7.40. The molecule has 0 aliphatic carbocycles. The van der Waals surface area contributed by atoms with Gasteiger partial charge in [-0.05, 0) is 26.8 Å². The van der Waals surface area contributed by atoms with Crippen molar-refractivity contribution in [2.45, 2.75) is 39.5 Å². The van der Waals surface area contributed by atoms with Crippen LogP contribution in [0.25, 0.3) is 0 Å². The summed E-state index contributed by atoms with van der Waals surface area (Å²) in [4.78, 5) is 19.2. The molecular formula is C11H15FN2O2. The van der Waals surface area contributed by atoms with Gasteiger partial charge in [0.25, 0.3) is 0 Å². The summed E-state index contributed by atoms with van der Waals surface area (Å²) < 4.78 is 17.4. The molecule has 0 saturated heterocycles. The van der Waals surface area contributed by atoms with E-state index in [0.717, 1.165) is 0 Å². The topological polar surface area (TPSA) is 52.1 Å². The first kappa shape index (κ1) is 12.5. The van der Waals surface area contributed by atoms with Crippen LogP contribution in [0.1, 0.15) is 32.3 Å². The maximum Gasteiger partial charge on any atom is 0.314 e. The molecule has 1 aromatic heterocycles. The van der Waals surface area contributed by atoms with Crippen molar-refractivity contribution >= 4 is 5.97 Å². The molecule has 0 unspecified atom stereocenters. The van der Waals surface area contributed by atoms with E-state index < -0.39 is 18.2 Å².